The zero-order chi connectivity index (χ0) is 25.7. The molecule has 2 aliphatic rings. The Morgan fingerprint density at radius 3 is 2.69 bits per heavy atom. The summed E-state index contributed by atoms with van der Waals surface area (Å²) in [6, 6.07) is 13.5. The minimum absolute atomic E-state index is 0.141. The lowest BCUT2D eigenvalue weighted by Crippen LogP contribution is -2.31. The number of aromatic nitrogens is 1. The molecule has 0 radical (unpaired) electrons. The van der Waals surface area contributed by atoms with E-state index in [0.29, 0.717) is 17.4 Å². The highest BCUT2D eigenvalue weighted by molar-refractivity contribution is 8.03. The maximum absolute atomic E-state index is 13.0. The lowest BCUT2D eigenvalue weighted by atomic mass is 9.99. The number of amides is 1. The lowest BCUT2D eigenvalue weighted by molar-refractivity contribution is -0.139. The summed E-state index contributed by atoms with van der Waals surface area (Å²) in [5.41, 5.74) is 3.01. The van der Waals surface area contributed by atoms with E-state index >= 15 is 0 Å². The second-order valence-electron chi connectivity index (χ2n) is 8.84. The number of carboxylic acid groups (broad SMARTS) is 1. The molecule has 0 spiro atoms. The SMILES string of the molecule is CCn1cc(C(=O)N2C=C3SCCC3CC2)c2ccccc21.COc1cc(C)ccc1OCC(=O)O. The molecule has 1 unspecified atom stereocenters. The van der Waals surface area contributed by atoms with Gasteiger partial charge in [0, 0.05) is 41.3 Å². The Labute approximate surface area is 215 Å². The number of allylic oxidation sites excluding steroid dienone is 1. The van der Waals surface area contributed by atoms with E-state index in [0.717, 1.165) is 41.5 Å². The minimum atomic E-state index is -1.01. The zero-order valence-electron chi connectivity index (χ0n) is 20.9. The van der Waals surface area contributed by atoms with Gasteiger partial charge in [0.1, 0.15) is 0 Å². The first-order valence-corrected chi connectivity index (χ1v) is 13.1. The van der Waals surface area contributed by atoms with Crippen molar-refractivity contribution < 1.29 is 24.2 Å². The molecule has 0 bridgehead atoms. The van der Waals surface area contributed by atoms with E-state index in [1.807, 2.05) is 48.0 Å². The van der Waals surface area contributed by atoms with Gasteiger partial charge in [0.05, 0.1) is 12.7 Å². The molecule has 2 aromatic carbocycles. The smallest absolute Gasteiger partial charge is 0.341 e. The maximum atomic E-state index is 13.0. The molecule has 7 nitrogen and oxygen atoms in total. The molecule has 1 saturated heterocycles. The van der Waals surface area contributed by atoms with E-state index in [1.54, 1.807) is 12.1 Å². The first-order chi connectivity index (χ1) is 17.4. The molecular weight excluding hydrogens is 476 g/mol. The topological polar surface area (TPSA) is 81.0 Å². The quantitative estimate of drug-likeness (QED) is 0.469. The monoisotopic (exact) mass is 508 g/mol. The normalized spacial score (nSPS) is 16.6. The number of ether oxygens (including phenoxy) is 2. The molecule has 1 N–H and O–H groups in total. The third kappa shape index (κ3) is 5.70. The Morgan fingerprint density at radius 2 is 1.94 bits per heavy atom. The van der Waals surface area contributed by atoms with Crippen LogP contribution < -0.4 is 9.47 Å². The number of aliphatic carboxylic acids is 1. The lowest BCUT2D eigenvalue weighted by Gasteiger charge is -2.27. The van der Waals surface area contributed by atoms with E-state index in [2.05, 4.69) is 29.8 Å². The number of nitrogens with zero attached hydrogens (tertiary/aromatic N) is 2. The fraction of sp³-hybridized carbons (Fsp3) is 0.357. The van der Waals surface area contributed by atoms with E-state index in [9.17, 15) is 9.59 Å². The number of thioether (sulfide) groups is 1. The molecule has 0 saturated carbocycles. The molecule has 8 heteroatoms. The Bertz CT molecular complexity index is 1280. The number of carboxylic acids is 1. The summed E-state index contributed by atoms with van der Waals surface area (Å²) in [7, 11) is 1.52. The highest BCUT2D eigenvalue weighted by Gasteiger charge is 2.29. The number of fused-ring (bicyclic) bond motifs is 2. The van der Waals surface area contributed by atoms with Gasteiger partial charge in [-0.3, -0.25) is 4.79 Å². The number of aryl methyl sites for hydroxylation is 2. The summed E-state index contributed by atoms with van der Waals surface area (Å²) in [6.45, 7) is 5.40. The van der Waals surface area contributed by atoms with Crippen LogP contribution in [-0.4, -0.2) is 52.5 Å². The molecule has 1 aromatic heterocycles. The average Bonchev–Trinajstić information content (AvgIpc) is 3.52. The molecule has 3 heterocycles. The van der Waals surface area contributed by atoms with Gasteiger partial charge in [0.15, 0.2) is 18.1 Å². The van der Waals surface area contributed by atoms with Gasteiger partial charge in [0.25, 0.3) is 5.91 Å². The van der Waals surface area contributed by atoms with Gasteiger partial charge in [-0.05, 0) is 62.1 Å². The summed E-state index contributed by atoms with van der Waals surface area (Å²) >= 11 is 1.92. The van der Waals surface area contributed by atoms with Gasteiger partial charge in [-0.1, -0.05) is 24.3 Å². The number of hydrogen-bond donors (Lipinski definition) is 1. The van der Waals surface area contributed by atoms with Crippen molar-refractivity contribution in [3.8, 4) is 11.5 Å². The molecule has 1 amide bonds. The van der Waals surface area contributed by atoms with Crippen LogP contribution >= 0.6 is 11.8 Å². The summed E-state index contributed by atoms with van der Waals surface area (Å²) in [4.78, 5) is 26.6. The standard InChI is InChI=1S/C18H20N2OS.C10H12O4/c1-2-19-11-15(14-5-3-4-6-16(14)19)18(21)20-9-7-13-8-10-22-17(13)12-20;1-7-3-4-8(9(5-7)13-2)14-6-10(11)12/h3-6,11-13H,2,7-10H2,1H3;3-5H,6H2,1-2H3,(H,11,12). The van der Waals surface area contributed by atoms with Crippen LogP contribution in [0.1, 0.15) is 35.7 Å². The molecule has 3 aromatic rings. The van der Waals surface area contributed by atoms with Crippen molar-refractivity contribution >= 4 is 34.5 Å². The van der Waals surface area contributed by atoms with Crippen LogP contribution in [0, 0.1) is 12.8 Å². The van der Waals surface area contributed by atoms with Gasteiger partial charge in [-0.25, -0.2) is 4.79 Å². The Kier molecular flexibility index (Phi) is 8.25. The van der Waals surface area contributed by atoms with E-state index in [-0.39, 0.29) is 12.5 Å². The Balaban J connectivity index is 0.000000189. The van der Waals surface area contributed by atoms with Gasteiger partial charge in [0.2, 0.25) is 0 Å². The van der Waals surface area contributed by atoms with Crippen LogP contribution in [0.15, 0.2) is 59.8 Å². The van der Waals surface area contributed by atoms with Gasteiger partial charge in [-0.15, -0.1) is 11.8 Å². The number of carbonyl (C=O) groups excluding carboxylic acids is 1. The summed E-state index contributed by atoms with van der Waals surface area (Å²) in [5, 5.41) is 9.49. The van der Waals surface area contributed by atoms with E-state index < -0.39 is 5.97 Å². The second kappa shape index (κ2) is 11.6. The van der Waals surface area contributed by atoms with Crippen molar-refractivity contribution in [1.82, 2.24) is 9.47 Å². The number of rotatable bonds is 6. The first kappa shape index (κ1) is 25.7. The summed E-state index contributed by atoms with van der Waals surface area (Å²) < 4.78 is 12.2. The zero-order valence-corrected chi connectivity index (χ0v) is 21.7. The van der Waals surface area contributed by atoms with Crippen LogP contribution in [0.2, 0.25) is 0 Å². The molecular formula is C28H32N2O5S. The highest BCUT2D eigenvalue weighted by Crippen LogP contribution is 2.41. The molecule has 36 heavy (non-hydrogen) atoms. The number of carbonyl (C=O) groups is 2. The number of methoxy groups -OCH3 is 1. The van der Waals surface area contributed by atoms with Crippen molar-refractivity contribution in [3.63, 3.8) is 0 Å². The largest absolute Gasteiger partial charge is 0.493 e. The summed E-state index contributed by atoms with van der Waals surface area (Å²) in [6.07, 6.45) is 6.50. The van der Waals surface area contributed by atoms with Crippen LogP contribution in [0.25, 0.3) is 10.9 Å². The molecule has 2 aliphatic heterocycles. The Hall–Kier alpha value is -3.39. The van der Waals surface area contributed by atoms with Crippen LogP contribution in [0.5, 0.6) is 11.5 Å². The number of para-hydroxylation sites is 1. The van der Waals surface area contributed by atoms with Crippen molar-refractivity contribution in [2.24, 2.45) is 5.92 Å². The van der Waals surface area contributed by atoms with Gasteiger partial charge < -0.3 is 24.0 Å². The molecule has 1 fully saturated rings. The van der Waals surface area contributed by atoms with Crippen molar-refractivity contribution in [2.45, 2.75) is 33.2 Å². The molecule has 190 valence electrons. The predicted octanol–water partition coefficient (Wildman–Crippen LogP) is 5.57. The predicted molar refractivity (Wildman–Crippen MR) is 143 cm³/mol. The summed E-state index contributed by atoms with van der Waals surface area (Å²) in [5.74, 6) is 2.03. The number of hydrogen-bond acceptors (Lipinski definition) is 5. The molecule has 1 atom stereocenters. The van der Waals surface area contributed by atoms with E-state index in [1.165, 1.54) is 24.2 Å². The highest BCUT2D eigenvalue weighted by atomic mass is 32.2. The van der Waals surface area contributed by atoms with Crippen LogP contribution in [0.3, 0.4) is 0 Å². The third-order valence-electron chi connectivity index (χ3n) is 6.43. The fourth-order valence-electron chi connectivity index (χ4n) is 4.55. The fourth-order valence-corrected chi connectivity index (χ4v) is 5.86. The van der Waals surface area contributed by atoms with Gasteiger partial charge >= 0.3 is 5.97 Å². The van der Waals surface area contributed by atoms with Crippen molar-refractivity contribution in [1.29, 1.82) is 0 Å². The van der Waals surface area contributed by atoms with Crippen molar-refractivity contribution in [3.05, 3.63) is 70.9 Å². The minimum Gasteiger partial charge on any atom is -0.493 e. The Morgan fingerprint density at radius 1 is 1.14 bits per heavy atom. The van der Waals surface area contributed by atoms with Gasteiger partial charge in [-0.2, -0.15) is 0 Å². The third-order valence-corrected chi connectivity index (χ3v) is 7.64. The second-order valence-corrected chi connectivity index (χ2v) is 10.0. The molecule has 5 rings (SSSR count). The van der Waals surface area contributed by atoms with Crippen LogP contribution in [0.4, 0.5) is 0 Å². The van der Waals surface area contributed by atoms with Crippen molar-refractivity contribution in [2.75, 3.05) is 26.0 Å². The number of benzene rings is 2. The van der Waals surface area contributed by atoms with Crippen LogP contribution in [-0.2, 0) is 11.3 Å². The van der Waals surface area contributed by atoms with E-state index in [4.69, 9.17) is 14.6 Å². The molecule has 0 aliphatic carbocycles. The maximum Gasteiger partial charge on any atom is 0.341 e. The first-order valence-electron chi connectivity index (χ1n) is 12.1. The average molecular weight is 509 g/mol.